The normalized spacial score (nSPS) is 27.5. The zero-order valence-corrected chi connectivity index (χ0v) is 17.4. The molecular formula is C22H28N6O2. The van der Waals surface area contributed by atoms with E-state index in [-0.39, 0.29) is 18.2 Å². The number of hydrogen-bond donors (Lipinski definition) is 2. The standard InChI is InChI=1S/C22H28N6O2/c1-22(2)29-18-14(5-3-4-13-6-7-17(23)25-11-13)10-16(19(18)30-22)28-9-8-15-20(24)26-12-27-21(15)28/h6-9,11-12,14,16,18-19H,3-5,10H2,1-2H3,(H2,23,25)(H2,24,26,27)/t14-,16+,18+,19-/m0/s1. The molecule has 8 heteroatoms. The summed E-state index contributed by atoms with van der Waals surface area (Å²) >= 11 is 0. The van der Waals surface area contributed by atoms with Crippen LogP contribution in [0.1, 0.15) is 44.7 Å². The van der Waals surface area contributed by atoms with Crippen molar-refractivity contribution in [1.82, 2.24) is 19.5 Å². The first kappa shape index (κ1) is 19.3. The molecule has 8 nitrogen and oxygen atoms in total. The summed E-state index contributed by atoms with van der Waals surface area (Å²) in [5, 5.41) is 0.881. The summed E-state index contributed by atoms with van der Waals surface area (Å²) in [6, 6.07) is 6.06. The minimum atomic E-state index is -0.579. The minimum Gasteiger partial charge on any atom is -0.384 e. The highest BCUT2D eigenvalue weighted by molar-refractivity contribution is 5.86. The van der Waals surface area contributed by atoms with Gasteiger partial charge in [0, 0.05) is 12.4 Å². The van der Waals surface area contributed by atoms with Crippen LogP contribution in [0.2, 0.25) is 0 Å². The first-order valence-electron chi connectivity index (χ1n) is 10.5. The Kier molecular flexibility index (Phi) is 4.63. The molecule has 4 N–H and O–H groups in total. The second kappa shape index (κ2) is 7.21. The molecule has 30 heavy (non-hydrogen) atoms. The molecule has 0 spiro atoms. The van der Waals surface area contributed by atoms with E-state index in [1.54, 1.807) is 0 Å². The third kappa shape index (κ3) is 3.40. The Morgan fingerprint density at radius 3 is 2.73 bits per heavy atom. The van der Waals surface area contributed by atoms with Crippen LogP contribution in [-0.4, -0.2) is 37.5 Å². The zero-order valence-electron chi connectivity index (χ0n) is 17.4. The number of pyridine rings is 1. The van der Waals surface area contributed by atoms with Crippen molar-refractivity contribution in [3.8, 4) is 0 Å². The fraction of sp³-hybridized carbons (Fsp3) is 0.500. The summed E-state index contributed by atoms with van der Waals surface area (Å²) in [5.41, 5.74) is 13.8. The van der Waals surface area contributed by atoms with Gasteiger partial charge in [-0.3, -0.25) is 0 Å². The van der Waals surface area contributed by atoms with Crippen LogP contribution in [0.3, 0.4) is 0 Å². The van der Waals surface area contributed by atoms with E-state index in [4.69, 9.17) is 20.9 Å². The molecule has 3 aromatic rings. The lowest BCUT2D eigenvalue weighted by molar-refractivity contribution is -0.160. The highest BCUT2D eigenvalue weighted by Crippen LogP contribution is 2.49. The van der Waals surface area contributed by atoms with Gasteiger partial charge in [0.25, 0.3) is 0 Å². The van der Waals surface area contributed by atoms with Gasteiger partial charge in [-0.05, 0) is 63.1 Å². The number of anilines is 2. The third-order valence-corrected chi connectivity index (χ3v) is 6.34. The maximum absolute atomic E-state index is 6.35. The molecule has 1 aliphatic carbocycles. The Labute approximate surface area is 175 Å². The second-order valence-electron chi connectivity index (χ2n) is 8.83. The molecule has 1 saturated heterocycles. The lowest BCUT2D eigenvalue weighted by Crippen LogP contribution is -2.27. The molecule has 2 fully saturated rings. The number of aromatic nitrogens is 4. The molecule has 0 amide bonds. The average molecular weight is 409 g/mol. The first-order chi connectivity index (χ1) is 14.4. The Morgan fingerprint density at radius 1 is 1.10 bits per heavy atom. The number of rotatable bonds is 5. The summed E-state index contributed by atoms with van der Waals surface area (Å²) in [6.07, 6.45) is 9.61. The summed E-state index contributed by atoms with van der Waals surface area (Å²) in [6.45, 7) is 3.99. The van der Waals surface area contributed by atoms with E-state index in [9.17, 15) is 0 Å². The molecule has 158 valence electrons. The molecule has 1 aliphatic heterocycles. The van der Waals surface area contributed by atoms with E-state index in [1.165, 1.54) is 11.9 Å². The quantitative estimate of drug-likeness (QED) is 0.667. The monoisotopic (exact) mass is 408 g/mol. The fourth-order valence-corrected chi connectivity index (χ4v) is 5.02. The number of fused-ring (bicyclic) bond motifs is 2. The Morgan fingerprint density at radius 2 is 1.93 bits per heavy atom. The topological polar surface area (TPSA) is 114 Å². The lowest BCUT2D eigenvalue weighted by Gasteiger charge is -2.24. The van der Waals surface area contributed by atoms with Crippen LogP contribution in [0.15, 0.2) is 36.9 Å². The first-order valence-corrected chi connectivity index (χ1v) is 10.5. The van der Waals surface area contributed by atoms with Crippen LogP contribution in [-0.2, 0) is 15.9 Å². The number of nitrogen functional groups attached to an aromatic ring is 2. The van der Waals surface area contributed by atoms with Crippen LogP contribution in [0.25, 0.3) is 11.0 Å². The molecule has 4 atom stereocenters. The maximum atomic E-state index is 6.35. The molecule has 2 aliphatic rings. The lowest BCUT2D eigenvalue weighted by atomic mass is 9.96. The van der Waals surface area contributed by atoms with Gasteiger partial charge in [-0.1, -0.05) is 6.07 Å². The van der Waals surface area contributed by atoms with Crippen molar-refractivity contribution in [2.24, 2.45) is 5.92 Å². The molecule has 1 saturated carbocycles. The number of hydrogen-bond acceptors (Lipinski definition) is 7. The van der Waals surface area contributed by atoms with Crippen LogP contribution < -0.4 is 11.5 Å². The van der Waals surface area contributed by atoms with Crippen molar-refractivity contribution in [3.63, 3.8) is 0 Å². The van der Waals surface area contributed by atoms with Crippen LogP contribution in [0, 0.1) is 5.92 Å². The van der Waals surface area contributed by atoms with E-state index in [2.05, 4.69) is 31.8 Å². The van der Waals surface area contributed by atoms with Gasteiger partial charge in [0.15, 0.2) is 5.79 Å². The Balaban J connectivity index is 1.35. The van der Waals surface area contributed by atoms with E-state index in [1.807, 2.05) is 32.2 Å². The summed E-state index contributed by atoms with van der Waals surface area (Å²) in [4.78, 5) is 12.8. The SMILES string of the molecule is CC1(C)O[C@@H]2[C@@H](CCCc3ccc(N)nc3)C[C@@H](n3ccc4c(N)ncnc43)[C@@H]2O1. The molecular weight excluding hydrogens is 380 g/mol. The number of nitrogens with zero attached hydrogens (tertiary/aromatic N) is 4. The largest absolute Gasteiger partial charge is 0.384 e. The predicted octanol–water partition coefficient (Wildman–Crippen LogP) is 3.09. The van der Waals surface area contributed by atoms with Crippen molar-refractivity contribution >= 4 is 22.7 Å². The molecule has 0 bridgehead atoms. The molecule has 3 aromatic heterocycles. The predicted molar refractivity (Wildman–Crippen MR) is 114 cm³/mol. The smallest absolute Gasteiger partial charge is 0.163 e. The molecule has 0 unspecified atom stereocenters. The molecule has 0 radical (unpaired) electrons. The molecule has 4 heterocycles. The van der Waals surface area contributed by atoms with Crippen molar-refractivity contribution in [1.29, 1.82) is 0 Å². The highest BCUT2D eigenvalue weighted by atomic mass is 16.8. The van der Waals surface area contributed by atoms with Gasteiger partial charge in [0.05, 0.1) is 17.5 Å². The van der Waals surface area contributed by atoms with Gasteiger partial charge in [-0.15, -0.1) is 0 Å². The van der Waals surface area contributed by atoms with Gasteiger partial charge in [0.1, 0.15) is 29.7 Å². The number of aryl methyl sites for hydroxylation is 1. The Hall–Kier alpha value is -2.71. The van der Waals surface area contributed by atoms with E-state index < -0.39 is 5.79 Å². The van der Waals surface area contributed by atoms with E-state index in [0.717, 1.165) is 36.7 Å². The van der Waals surface area contributed by atoms with E-state index in [0.29, 0.717) is 17.6 Å². The van der Waals surface area contributed by atoms with Crippen LogP contribution in [0.5, 0.6) is 0 Å². The third-order valence-electron chi connectivity index (χ3n) is 6.34. The Bertz CT molecular complexity index is 1050. The summed E-state index contributed by atoms with van der Waals surface area (Å²) in [7, 11) is 0. The summed E-state index contributed by atoms with van der Waals surface area (Å²) in [5.74, 6) is 0.901. The van der Waals surface area contributed by atoms with E-state index >= 15 is 0 Å². The van der Waals surface area contributed by atoms with Crippen molar-refractivity contribution in [3.05, 3.63) is 42.5 Å². The van der Waals surface area contributed by atoms with Crippen LogP contribution >= 0.6 is 0 Å². The minimum absolute atomic E-state index is 0.00465. The van der Waals surface area contributed by atoms with Gasteiger partial charge in [-0.25, -0.2) is 15.0 Å². The van der Waals surface area contributed by atoms with Gasteiger partial charge < -0.3 is 25.5 Å². The molecule has 0 aromatic carbocycles. The molecule has 5 rings (SSSR count). The van der Waals surface area contributed by atoms with Crippen molar-refractivity contribution < 1.29 is 9.47 Å². The fourth-order valence-electron chi connectivity index (χ4n) is 5.02. The highest BCUT2D eigenvalue weighted by Gasteiger charge is 2.54. The maximum Gasteiger partial charge on any atom is 0.163 e. The second-order valence-corrected chi connectivity index (χ2v) is 8.83. The van der Waals surface area contributed by atoms with Crippen LogP contribution in [0.4, 0.5) is 11.6 Å². The van der Waals surface area contributed by atoms with Gasteiger partial charge >= 0.3 is 0 Å². The zero-order chi connectivity index (χ0) is 20.9. The average Bonchev–Trinajstić information content (AvgIpc) is 3.36. The van der Waals surface area contributed by atoms with Crippen molar-refractivity contribution in [2.45, 2.75) is 63.6 Å². The van der Waals surface area contributed by atoms with Crippen molar-refractivity contribution in [2.75, 3.05) is 11.5 Å². The van der Waals surface area contributed by atoms with Gasteiger partial charge in [-0.2, -0.15) is 0 Å². The summed E-state index contributed by atoms with van der Waals surface area (Å²) < 4.78 is 14.9. The number of ether oxygens (including phenoxy) is 2. The number of nitrogens with two attached hydrogens (primary N) is 2. The van der Waals surface area contributed by atoms with Gasteiger partial charge in [0.2, 0.25) is 0 Å².